The van der Waals surface area contributed by atoms with Gasteiger partial charge in [0.05, 0.1) is 22.3 Å². The smallest absolute Gasteiger partial charge is 0.347 e. The monoisotopic (exact) mass is 326 g/mol. The minimum atomic E-state index is -1.20. The lowest BCUT2D eigenvalue weighted by Crippen LogP contribution is -2.03. The molecule has 3 rings (SSSR count). The highest BCUT2D eigenvalue weighted by atomic mass is 32.1. The molecule has 9 heteroatoms. The van der Waals surface area contributed by atoms with E-state index in [0.29, 0.717) is 11.1 Å². The molecule has 0 aromatic carbocycles. The van der Waals surface area contributed by atoms with Gasteiger partial charge in [0.15, 0.2) is 0 Å². The third-order valence-electron chi connectivity index (χ3n) is 2.41. The van der Waals surface area contributed by atoms with Gasteiger partial charge in [-0.3, -0.25) is 0 Å². The number of rotatable bonds is 2. The number of esters is 2. The number of hydrogen-bond acceptors (Lipinski definition) is 7. The summed E-state index contributed by atoms with van der Waals surface area (Å²) in [6.07, 6.45) is 0. The molecule has 1 aliphatic heterocycles. The van der Waals surface area contributed by atoms with Gasteiger partial charge in [0.1, 0.15) is 0 Å². The van der Waals surface area contributed by atoms with Crippen molar-refractivity contribution in [1.82, 2.24) is 0 Å². The number of thiophene rings is 2. The van der Waals surface area contributed by atoms with Crippen molar-refractivity contribution in [2.45, 2.75) is 0 Å². The molecule has 0 amide bonds. The lowest BCUT2D eigenvalue weighted by atomic mass is 10.2. The van der Waals surface area contributed by atoms with Crippen molar-refractivity contribution in [2.24, 2.45) is 0 Å². The van der Waals surface area contributed by atoms with Crippen LogP contribution in [0.15, 0.2) is 21.5 Å². The second-order valence-electron chi connectivity index (χ2n) is 3.69. The van der Waals surface area contributed by atoms with Crippen LogP contribution in [0.4, 0.5) is 0 Å². The molecule has 0 fully saturated rings. The van der Waals surface area contributed by atoms with Gasteiger partial charge in [0, 0.05) is 21.5 Å². The number of cyclic esters (lactones) is 2. The van der Waals surface area contributed by atoms with E-state index in [4.69, 9.17) is 10.2 Å². The zero-order valence-corrected chi connectivity index (χ0v) is 11.7. The summed E-state index contributed by atoms with van der Waals surface area (Å²) in [5.74, 6) is -3.46. The first-order valence-electron chi connectivity index (χ1n) is 5.27. The van der Waals surface area contributed by atoms with E-state index in [0.717, 1.165) is 11.3 Å². The van der Waals surface area contributed by atoms with E-state index in [2.05, 4.69) is 4.74 Å². The molecule has 0 spiro atoms. The first-order chi connectivity index (χ1) is 9.91. The van der Waals surface area contributed by atoms with E-state index in [1.165, 1.54) is 22.1 Å². The number of fused-ring (bicyclic) bond motifs is 1. The van der Waals surface area contributed by atoms with Gasteiger partial charge < -0.3 is 14.9 Å². The Bertz CT molecular complexity index is 683. The number of carbonyl (C=O) groups is 4. The Balaban J connectivity index is 0.000000154. The molecule has 3 heterocycles. The maximum atomic E-state index is 10.7. The zero-order valence-electron chi connectivity index (χ0n) is 10.1. The van der Waals surface area contributed by atoms with E-state index in [9.17, 15) is 19.2 Å². The average molecular weight is 326 g/mol. The van der Waals surface area contributed by atoms with Crippen LogP contribution in [0.1, 0.15) is 41.4 Å². The van der Waals surface area contributed by atoms with Gasteiger partial charge in [-0.05, 0) is 0 Å². The third kappa shape index (κ3) is 2.98. The normalized spacial score (nSPS) is 12.2. The van der Waals surface area contributed by atoms with Crippen LogP contribution >= 0.6 is 22.7 Å². The highest BCUT2D eigenvalue weighted by molar-refractivity contribution is 7.08. The number of ether oxygens (including phenoxy) is 1. The van der Waals surface area contributed by atoms with Gasteiger partial charge in [0.2, 0.25) is 0 Å². The molecule has 0 bridgehead atoms. The van der Waals surface area contributed by atoms with E-state index in [-0.39, 0.29) is 11.1 Å². The molecule has 0 aliphatic carbocycles. The molecule has 0 saturated carbocycles. The van der Waals surface area contributed by atoms with Crippen molar-refractivity contribution in [2.75, 3.05) is 0 Å². The van der Waals surface area contributed by atoms with Crippen LogP contribution in [0.2, 0.25) is 0 Å². The predicted octanol–water partition coefficient (Wildman–Crippen LogP) is 2.20. The second-order valence-corrected chi connectivity index (χ2v) is 5.17. The van der Waals surface area contributed by atoms with E-state index in [1.807, 2.05) is 0 Å². The highest BCUT2D eigenvalue weighted by Crippen LogP contribution is 2.23. The Morgan fingerprint density at radius 3 is 1.57 bits per heavy atom. The fourth-order valence-corrected chi connectivity index (χ4v) is 3.02. The maximum absolute atomic E-state index is 10.7. The quantitative estimate of drug-likeness (QED) is 0.641. The molecule has 0 atom stereocenters. The predicted molar refractivity (Wildman–Crippen MR) is 72.3 cm³/mol. The van der Waals surface area contributed by atoms with Crippen LogP contribution in [0.3, 0.4) is 0 Å². The largest absolute Gasteiger partial charge is 0.478 e. The van der Waals surface area contributed by atoms with Crippen LogP contribution in [0.25, 0.3) is 0 Å². The van der Waals surface area contributed by atoms with Gasteiger partial charge in [-0.2, -0.15) is 22.7 Å². The summed E-state index contributed by atoms with van der Waals surface area (Å²) in [6, 6.07) is 0. The van der Waals surface area contributed by atoms with Crippen molar-refractivity contribution >= 4 is 46.6 Å². The molecule has 0 unspecified atom stereocenters. The second kappa shape index (κ2) is 5.85. The minimum Gasteiger partial charge on any atom is -0.478 e. The first-order valence-corrected chi connectivity index (χ1v) is 7.16. The Morgan fingerprint density at radius 1 is 0.810 bits per heavy atom. The standard InChI is InChI=1S/C6H4O4S.C6H2O3S/c7-5(8)3-1-11-2-4(3)6(9)10;7-5-3-1-10-2-4(3)6(8)9-5/h1-2H,(H,7,8)(H,9,10);1-2H. The summed E-state index contributed by atoms with van der Waals surface area (Å²) < 4.78 is 4.30. The highest BCUT2D eigenvalue weighted by Gasteiger charge is 2.29. The molecular formula is C12H6O7S2. The Hall–Kier alpha value is -2.52. The van der Waals surface area contributed by atoms with Crippen molar-refractivity contribution in [3.8, 4) is 0 Å². The van der Waals surface area contributed by atoms with E-state index >= 15 is 0 Å². The summed E-state index contributed by atoms with van der Waals surface area (Å²) in [5, 5.41) is 22.7. The number of carboxylic acid groups (broad SMARTS) is 2. The fourth-order valence-electron chi connectivity index (χ4n) is 1.44. The summed E-state index contributed by atoms with van der Waals surface area (Å²) in [4.78, 5) is 42.1. The molecule has 7 nitrogen and oxygen atoms in total. The fraction of sp³-hybridized carbons (Fsp3) is 0. The number of aromatic carboxylic acids is 2. The van der Waals surface area contributed by atoms with Crippen molar-refractivity contribution in [3.05, 3.63) is 43.8 Å². The van der Waals surface area contributed by atoms with Crippen LogP contribution in [0, 0.1) is 0 Å². The van der Waals surface area contributed by atoms with Crippen LogP contribution in [-0.4, -0.2) is 34.1 Å². The third-order valence-corrected chi connectivity index (χ3v) is 3.90. The average Bonchev–Trinajstić information content (AvgIpc) is 3.11. The lowest BCUT2D eigenvalue weighted by Gasteiger charge is -1.90. The summed E-state index contributed by atoms with van der Waals surface area (Å²) in [7, 11) is 0. The minimum absolute atomic E-state index is 0.150. The molecule has 21 heavy (non-hydrogen) atoms. The molecule has 2 aromatic heterocycles. The summed E-state index contributed by atoms with van der Waals surface area (Å²) in [6.45, 7) is 0. The Labute approximate surface area is 125 Å². The molecule has 1 aliphatic rings. The summed E-state index contributed by atoms with van der Waals surface area (Å²) >= 11 is 2.39. The zero-order chi connectivity index (χ0) is 15.6. The van der Waals surface area contributed by atoms with E-state index in [1.54, 1.807) is 10.8 Å². The van der Waals surface area contributed by atoms with Gasteiger partial charge in [0.25, 0.3) is 0 Å². The number of hydrogen-bond donors (Lipinski definition) is 2. The topological polar surface area (TPSA) is 118 Å². The van der Waals surface area contributed by atoms with Gasteiger partial charge in [-0.25, -0.2) is 19.2 Å². The number of carbonyl (C=O) groups excluding carboxylic acids is 2. The van der Waals surface area contributed by atoms with Gasteiger partial charge >= 0.3 is 23.9 Å². The lowest BCUT2D eigenvalue weighted by molar-refractivity contribution is 0.0442. The van der Waals surface area contributed by atoms with Crippen LogP contribution in [-0.2, 0) is 4.74 Å². The van der Waals surface area contributed by atoms with Gasteiger partial charge in [-0.1, -0.05) is 0 Å². The van der Waals surface area contributed by atoms with Crippen LogP contribution in [0.5, 0.6) is 0 Å². The molecule has 0 saturated heterocycles. The van der Waals surface area contributed by atoms with Crippen molar-refractivity contribution in [1.29, 1.82) is 0 Å². The Morgan fingerprint density at radius 2 is 1.19 bits per heavy atom. The molecule has 2 aromatic rings. The molecule has 108 valence electrons. The van der Waals surface area contributed by atoms with E-state index < -0.39 is 23.9 Å². The molecular weight excluding hydrogens is 320 g/mol. The summed E-state index contributed by atoms with van der Waals surface area (Å²) in [5.41, 5.74) is 0.495. The van der Waals surface area contributed by atoms with Crippen LogP contribution < -0.4 is 0 Å². The van der Waals surface area contributed by atoms with Crippen molar-refractivity contribution < 1.29 is 34.1 Å². The Kier molecular flexibility index (Phi) is 4.15. The van der Waals surface area contributed by atoms with Gasteiger partial charge in [-0.15, -0.1) is 0 Å². The molecule has 2 N–H and O–H groups in total. The number of carboxylic acids is 2. The molecule has 0 radical (unpaired) electrons. The first kappa shape index (κ1) is 14.9. The van der Waals surface area contributed by atoms with Crippen molar-refractivity contribution in [3.63, 3.8) is 0 Å². The SMILES string of the molecule is O=C(O)c1cscc1C(=O)O.O=C1OC(=O)c2cscc21. The maximum Gasteiger partial charge on any atom is 0.347 e.